The van der Waals surface area contributed by atoms with Gasteiger partial charge in [0.1, 0.15) is 12.3 Å². The number of anilines is 1. The van der Waals surface area contributed by atoms with E-state index in [4.69, 9.17) is 10.5 Å². The second-order valence-electron chi connectivity index (χ2n) is 13.3. The summed E-state index contributed by atoms with van der Waals surface area (Å²) in [7, 11) is 0. The van der Waals surface area contributed by atoms with Gasteiger partial charge < -0.3 is 26.0 Å². The number of aromatic nitrogens is 3. The van der Waals surface area contributed by atoms with Gasteiger partial charge in [0.25, 0.3) is 5.91 Å². The fourth-order valence-corrected chi connectivity index (χ4v) is 8.16. The summed E-state index contributed by atoms with van der Waals surface area (Å²) in [5.74, 6) is -0.599. The highest BCUT2D eigenvalue weighted by Gasteiger charge is 2.48. The molecule has 4 fully saturated rings. The monoisotopic (exact) mass is 612 g/mol. The van der Waals surface area contributed by atoms with Crippen molar-refractivity contribution in [2.24, 2.45) is 5.92 Å². The molecule has 44 heavy (non-hydrogen) atoms. The standard InChI is InChI=1S/C32H49FN8O3/c33-24-20-35-29-26(28(34)38-41(29)21-24)30(42)37-27-25(10-15-36-32(27)13-7-5-3-1-2-4-6-8-14-32)39-17-11-23(12-18-39)31(43)40-16-9-19-44-22-40/h20-21,23,25,27,36H,1-19,22H2,(H2,34,38)(H,37,42). The maximum atomic E-state index is 14.1. The molecule has 1 saturated carbocycles. The van der Waals surface area contributed by atoms with Gasteiger partial charge in [-0.3, -0.25) is 14.5 Å². The normalized spacial score (nSPS) is 26.3. The second-order valence-corrected chi connectivity index (χ2v) is 13.3. The van der Waals surface area contributed by atoms with Crippen LogP contribution in [0.1, 0.15) is 100 Å². The molecule has 6 rings (SSSR count). The number of likely N-dealkylation sites (tertiary alicyclic amines) is 1. The van der Waals surface area contributed by atoms with Crippen LogP contribution in [0.2, 0.25) is 0 Å². The van der Waals surface area contributed by atoms with E-state index in [1.807, 2.05) is 4.90 Å². The van der Waals surface area contributed by atoms with Crippen LogP contribution in [0, 0.1) is 11.7 Å². The number of nitrogens with one attached hydrogen (secondary N) is 2. The molecule has 2 unspecified atom stereocenters. The number of hydrogen-bond acceptors (Lipinski definition) is 8. The van der Waals surface area contributed by atoms with Gasteiger partial charge in [0, 0.05) is 24.0 Å². The molecule has 3 saturated heterocycles. The topological polar surface area (TPSA) is 130 Å². The minimum absolute atomic E-state index is 0.0131. The lowest BCUT2D eigenvalue weighted by molar-refractivity contribution is -0.147. The van der Waals surface area contributed by atoms with Gasteiger partial charge >= 0.3 is 0 Å². The highest BCUT2D eigenvalue weighted by atomic mass is 19.1. The van der Waals surface area contributed by atoms with Gasteiger partial charge in [0.2, 0.25) is 5.91 Å². The third kappa shape index (κ3) is 6.72. The summed E-state index contributed by atoms with van der Waals surface area (Å²) < 4.78 is 20.7. The van der Waals surface area contributed by atoms with Crippen LogP contribution in [0.5, 0.6) is 0 Å². The summed E-state index contributed by atoms with van der Waals surface area (Å²) in [6, 6.07) is -0.0461. The van der Waals surface area contributed by atoms with Crippen molar-refractivity contribution in [1.29, 1.82) is 0 Å². The van der Waals surface area contributed by atoms with Crippen LogP contribution in [-0.4, -0.2) is 93.4 Å². The molecule has 4 aliphatic rings. The molecule has 0 aromatic carbocycles. The van der Waals surface area contributed by atoms with E-state index in [1.54, 1.807) is 0 Å². The third-order valence-electron chi connectivity index (χ3n) is 10.5. The molecule has 5 heterocycles. The number of carbonyl (C=O) groups excluding carboxylic acids is 2. The molecule has 12 heteroatoms. The van der Waals surface area contributed by atoms with Gasteiger partial charge in [-0.2, -0.15) is 0 Å². The van der Waals surface area contributed by atoms with E-state index in [9.17, 15) is 14.0 Å². The summed E-state index contributed by atoms with van der Waals surface area (Å²) in [6.45, 7) is 4.42. The molecule has 1 spiro atoms. The number of carbonyl (C=O) groups is 2. The lowest BCUT2D eigenvalue weighted by Crippen LogP contribution is -2.72. The lowest BCUT2D eigenvalue weighted by atomic mass is 9.72. The van der Waals surface area contributed by atoms with Crippen LogP contribution in [0.15, 0.2) is 12.4 Å². The molecular weight excluding hydrogens is 563 g/mol. The van der Waals surface area contributed by atoms with Crippen molar-refractivity contribution in [2.75, 3.05) is 45.3 Å². The molecule has 2 amide bonds. The van der Waals surface area contributed by atoms with Crippen molar-refractivity contribution in [3.8, 4) is 0 Å². The summed E-state index contributed by atoms with van der Waals surface area (Å²) in [4.78, 5) is 35.9. The Labute approximate surface area is 259 Å². The van der Waals surface area contributed by atoms with Gasteiger partial charge in [-0.1, -0.05) is 51.4 Å². The van der Waals surface area contributed by atoms with Crippen LogP contribution in [0.25, 0.3) is 5.65 Å². The molecule has 11 nitrogen and oxygen atoms in total. The molecule has 0 bridgehead atoms. The largest absolute Gasteiger partial charge is 0.381 e. The molecule has 2 aromatic rings. The molecule has 1 aliphatic carbocycles. The van der Waals surface area contributed by atoms with E-state index in [-0.39, 0.29) is 52.4 Å². The minimum Gasteiger partial charge on any atom is -0.381 e. The van der Waals surface area contributed by atoms with Crippen molar-refractivity contribution in [1.82, 2.24) is 35.0 Å². The zero-order valence-electron chi connectivity index (χ0n) is 25.9. The van der Waals surface area contributed by atoms with Crippen LogP contribution >= 0.6 is 0 Å². The lowest BCUT2D eigenvalue weighted by Gasteiger charge is -2.53. The van der Waals surface area contributed by atoms with E-state index in [0.717, 1.165) is 90.3 Å². The Hall–Kier alpha value is -2.83. The van der Waals surface area contributed by atoms with Crippen molar-refractivity contribution in [3.63, 3.8) is 0 Å². The van der Waals surface area contributed by atoms with Crippen LogP contribution in [-0.2, 0) is 9.53 Å². The smallest absolute Gasteiger partial charge is 0.259 e. The number of fused-ring (bicyclic) bond motifs is 1. The average Bonchev–Trinajstić information content (AvgIpc) is 3.34. The molecule has 0 radical (unpaired) electrons. The Balaban J connectivity index is 1.25. The quantitative estimate of drug-likeness (QED) is 0.479. The molecule has 2 atom stereocenters. The molecule has 2 aromatic heterocycles. The molecule has 3 aliphatic heterocycles. The number of rotatable bonds is 4. The Kier molecular flexibility index (Phi) is 9.97. The summed E-state index contributed by atoms with van der Waals surface area (Å²) in [5, 5.41) is 11.6. The zero-order valence-corrected chi connectivity index (χ0v) is 25.9. The number of amides is 2. The van der Waals surface area contributed by atoms with Gasteiger partial charge in [-0.25, -0.2) is 13.9 Å². The van der Waals surface area contributed by atoms with Gasteiger partial charge in [-0.15, -0.1) is 5.10 Å². The first kappa shape index (κ1) is 31.2. The highest BCUT2D eigenvalue weighted by molar-refractivity contribution is 6.04. The van der Waals surface area contributed by atoms with Gasteiger partial charge in [0.05, 0.1) is 25.0 Å². The number of nitrogens with zero attached hydrogens (tertiary/aromatic N) is 5. The van der Waals surface area contributed by atoms with E-state index in [0.29, 0.717) is 6.73 Å². The van der Waals surface area contributed by atoms with E-state index in [1.165, 1.54) is 49.2 Å². The summed E-state index contributed by atoms with van der Waals surface area (Å²) in [6.07, 6.45) is 17.4. The first-order chi connectivity index (χ1) is 21.4. The fourth-order valence-electron chi connectivity index (χ4n) is 8.16. The maximum Gasteiger partial charge on any atom is 0.259 e. The zero-order chi connectivity index (χ0) is 30.5. The Morgan fingerprint density at radius 2 is 1.70 bits per heavy atom. The van der Waals surface area contributed by atoms with E-state index >= 15 is 0 Å². The number of nitrogens with two attached hydrogens (primary N) is 1. The van der Waals surface area contributed by atoms with Crippen LogP contribution in [0.3, 0.4) is 0 Å². The molecule has 4 N–H and O–H groups in total. The Morgan fingerprint density at radius 1 is 1.00 bits per heavy atom. The number of ether oxygens (including phenoxy) is 1. The third-order valence-corrected chi connectivity index (χ3v) is 10.5. The fraction of sp³-hybridized carbons (Fsp3) is 0.750. The summed E-state index contributed by atoms with van der Waals surface area (Å²) >= 11 is 0. The Bertz CT molecular complexity index is 1280. The van der Waals surface area contributed by atoms with Crippen molar-refractivity contribution in [2.45, 2.75) is 108 Å². The average molecular weight is 613 g/mol. The Morgan fingerprint density at radius 3 is 2.39 bits per heavy atom. The van der Waals surface area contributed by atoms with Crippen molar-refractivity contribution in [3.05, 3.63) is 23.8 Å². The maximum absolute atomic E-state index is 14.1. The van der Waals surface area contributed by atoms with Crippen LogP contribution in [0.4, 0.5) is 10.2 Å². The first-order valence-electron chi connectivity index (χ1n) is 16.9. The van der Waals surface area contributed by atoms with Crippen molar-refractivity contribution >= 4 is 23.3 Å². The number of halogens is 1. The van der Waals surface area contributed by atoms with Crippen molar-refractivity contribution < 1.29 is 18.7 Å². The number of piperidine rings is 2. The highest BCUT2D eigenvalue weighted by Crippen LogP contribution is 2.36. The van der Waals surface area contributed by atoms with E-state index in [2.05, 4.69) is 25.6 Å². The van der Waals surface area contributed by atoms with E-state index < -0.39 is 5.82 Å². The van der Waals surface area contributed by atoms with Gasteiger partial charge in [-0.05, 0) is 58.2 Å². The van der Waals surface area contributed by atoms with Crippen LogP contribution < -0.4 is 16.4 Å². The SMILES string of the molecule is Nc1nn2cc(F)cnc2c1C(=O)NC1C(N2CCC(C(=O)N3CCCOC3)CC2)CCNC12CCCCCCCCCC2. The molecule has 242 valence electrons. The first-order valence-corrected chi connectivity index (χ1v) is 16.9. The minimum atomic E-state index is -0.547. The number of nitrogen functional groups attached to an aromatic ring is 1. The summed E-state index contributed by atoms with van der Waals surface area (Å²) in [5.41, 5.74) is 6.42. The second kappa shape index (κ2) is 14.1. The predicted molar refractivity (Wildman–Crippen MR) is 165 cm³/mol. The molecular formula is C32H49FN8O3. The number of hydrogen-bond donors (Lipinski definition) is 3. The predicted octanol–water partition coefficient (Wildman–Crippen LogP) is 3.48. The van der Waals surface area contributed by atoms with Gasteiger partial charge in [0.15, 0.2) is 17.3 Å².